The van der Waals surface area contributed by atoms with Crippen LogP contribution in [0.5, 0.6) is 0 Å². The highest BCUT2D eigenvalue weighted by Gasteiger charge is 2.19. The molecule has 4 heteroatoms. The minimum atomic E-state index is 0.0347. The molecule has 0 radical (unpaired) electrons. The quantitative estimate of drug-likeness (QED) is 0.931. The molecule has 3 nitrogen and oxygen atoms in total. The number of nitrogens with two attached hydrogens (primary N) is 1. The van der Waals surface area contributed by atoms with Crippen LogP contribution in [0, 0.1) is 13.8 Å². The van der Waals surface area contributed by atoms with Gasteiger partial charge in [0.15, 0.2) is 4.67 Å². The molecule has 1 heterocycles. The maximum Gasteiger partial charge on any atom is 0.169 e. The van der Waals surface area contributed by atoms with Crippen molar-refractivity contribution in [2.45, 2.75) is 19.9 Å². The number of halogens is 1. The molecule has 0 spiro atoms. The highest BCUT2D eigenvalue weighted by molar-refractivity contribution is 9.10. The van der Waals surface area contributed by atoms with Gasteiger partial charge >= 0.3 is 0 Å². The van der Waals surface area contributed by atoms with Gasteiger partial charge in [-0.2, -0.15) is 0 Å². The zero-order valence-corrected chi connectivity index (χ0v) is 13.1. The van der Waals surface area contributed by atoms with Crippen molar-refractivity contribution in [2.24, 2.45) is 5.73 Å². The van der Waals surface area contributed by atoms with E-state index < -0.39 is 0 Å². The lowest BCUT2D eigenvalue weighted by molar-refractivity contribution is 0.444. The molecule has 0 amide bonds. The van der Waals surface area contributed by atoms with Crippen LogP contribution < -0.4 is 10.6 Å². The zero-order chi connectivity index (χ0) is 14.0. The van der Waals surface area contributed by atoms with Crippen LogP contribution in [0.25, 0.3) is 0 Å². The summed E-state index contributed by atoms with van der Waals surface area (Å²) < 4.78 is 6.37. The number of hydrogen-bond donors (Lipinski definition) is 1. The Bertz CT molecular complexity index is 545. The highest BCUT2D eigenvalue weighted by atomic mass is 79.9. The van der Waals surface area contributed by atoms with Crippen molar-refractivity contribution in [3.8, 4) is 0 Å². The van der Waals surface area contributed by atoms with E-state index in [4.69, 9.17) is 10.2 Å². The molecule has 2 rings (SSSR count). The molecule has 0 saturated carbocycles. The number of rotatable bonds is 4. The Hall–Kier alpha value is -1.26. The summed E-state index contributed by atoms with van der Waals surface area (Å²) in [4.78, 5) is 2.16. The van der Waals surface area contributed by atoms with E-state index in [-0.39, 0.29) is 6.04 Å². The van der Waals surface area contributed by atoms with Crippen LogP contribution in [0.15, 0.2) is 39.4 Å². The summed E-state index contributed by atoms with van der Waals surface area (Å²) in [5, 5.41) is 0. The third-order valence-corrected chi connectivity index (χ3v) is 3.65. The van der Waals surface area contributed by atoms with E-state index in [1.807, 2.05) is 19.2 Å². The monoisotopic (exact) mass is 322 g/mol. The minimum Gasteiger partial charge on any atom is -0.452 e. The second-order valence-electron chi connectivity index (χ2n) is 4.85. The van der Waals surface area contributed by atoms with Gasteiger partial charge in [0.05, 0.1) is 6.04 Å². The van der Waals surface area contributed by atoms with Gasteiger partial charge in [-0.25, -0.2) is 0 Å². The fourth-order valence-corrected chi connectivity index (χ4v) is 2.63. The van der Waals surface area contributed by atoms with Crippen molar-refractivity contribution in [1.29, 1.82) is 0 Å². The molecule has 19 heavy (non-hydrogen) atoms. The molecule has 0 saturated heterocycles. The van der Waals surface area contributed by atoms with Crippen molar-refractivity contribution in [2.75, 3.05) is 18.5 Å². The first-order valence-electron chi connectivity index (χ1n) is 6.27. The van der Waals surface area contributed by atoms with Gasteiger partial charge in [-0.1, -0.05) is 6.07 Å². The summed E-state index contributed by atoms with van der Waals surface area (Å²) in [6.45, 7) is 4.71. The maximum atomic E-state index is 5.91. The van der Waals surface area contributed by atoms with Crippen LogP contribution in [0.1, 0.15) is 22.9 Å². The zero-order valence-electron chi connectivity index (χ0n) is 11.5. The molecule has 1 aromatic carbocycles. The topological polar surface area (TPSA) is 42.4 Å². The third-order valence-electron chi connectivity index (χ3n) is 3.23. The van der Waals surface area contributed by atoms with Gasteiger partial charge in [0.25, 0.3) is 0 Å². The van der Waals surface area contributed by atoms with E-state index in [2.05, 4.69) is 52.9 Å². The van der Waals surface area contributed by atoms with E-state index in [0.29, 0.717) is 6.54 Å². The number of nitrogens with zero attached hydrogens (tertiary/aromatic N) is 1. The second kappa shape index (κ2) is 5.80. The Morgan fingerprint density at radius 3 is 2.32 bits per heavy atom. The van der Waals surface area contributed by atoms with Crippen molar-refractivity contribution in [1.82, 2.24) is 0 Å². The predicted molar refractivity (Wildman–Crippen MR) is 82.5 cm³/mol. The number of hydrogen-bond acceptors (Lipinski definition) is 3. The largest absolute Gasteiger partial charge is 0.452 e. The molecule has 0 aliphatic rings. The van der Waals surface area contributed by atoms with Crippen LogP contribution in [-0.2, 0) is 0 Å². The summed E-state index contributed by atoms with van der Waals surface area (Å²) in [5.74, 6) is 0.871. The van der Waals surface area contributed by atoms with Gasteiger partial charge in [0.2, 0.25) is 0 Å². The average molecular weight is 323 g/mol. The normalized spacial score (nSPS) is 12.5. The fraction of sp³-hybridized carbons (Fsp3) is 0.333. The van der Waals surface area contributed by atoms with Gasteiger partial charge in [0.1, 0.15) is 5.76 Å². The number of likely N-dealkylation sites (N-methyl/N-ethyl adjacent to an activating group) is 1. The van der Waals surface area contributed by atoms with E-state index in [1.165, 1.54) is 11.1 Å². The van der Waals surface area contributed by atoms with Crippen LogP contribution in [0.3, 0.4) is 0 Å². The molecule has 1 atom stereocenters. The average Bonchev–Trinajstić information content (AvgIpc) is 2.75. The van der Waals surface area contributed by atoms with Crippen molar-refractivity contribution in [3.63, 3.8) is 0 Å². The lowest BCUT2D eigenvalue weighted by atomic mass is 10.1. The number of benzene rings is 1. The summed E-state index contributed by atoms with van der Waals surface area (Å²) >= 11 is 3.33. The molecule has 1 unspecified atom stereocenters. The molecule has 0 aliphatic carbocycles. The molecular formula is C15H19BrN2O. The minimum absolute atomic E-state index is 0.0347. The Morgan fingerprint density at radius 1 is 1.21 bits per heavy atom. The van der Waals surface area contributed by atoms with E-state index >= 15 is 0 Å². The Balaban J connectivity index is 2.32. The predicted octanol–water partition coefficient (Wildman–Crippen LogP) is 3.80. The maximum absolute atomic E-state index is 5.91. The first kappa shape index (κ1) is 14.2. The molecular weight excluding hydrogens is 304 g/mol. The van der Waals surface area contributed by atoms with Crippen molar-refractivity contribution >= 4 is 21.6 Å². The number of anilines is 1. The van der Waals surface area contributed by atoms with Crippen molar-refractivity contribution < 1.29 is 4.42 Å². The van der Waals surface area contributed by atoms with E-state index in [1.54, 1.807) is 0 Å². The van der Waals surface area contributed by atoms with E-state index in [0.717, 1.165) is 16.1 Å². The standard InChI is InChI=1S/C15H19BrN2O/c1-10-6-11(2)8-12(7-10)18(3)13(9-17)14-4-5-15(16)19-14/h4-8,13H,9,17H2,1-3H3. The van der Waals surface area contributed by atoms with Crippen LogP contribution in [0.4, 0.5) is 5.69 Å². The van der Waals surface area contributed by atoms with E-state index in [9.17, 15) is 0 Å². The first-order chi connectivity index (χ1) is 9.01. The van der Waals surface area contributed by atoms with Crippen LogP contribution in [0.2, 0.25) is 0 Å². The Morgan fingerprint density at radius 2 is 1.84 bits per heavy atom. The van der Waals surface area contributed by atoms with Crippen molar-refractivity contribution in [3.05, 3.63) is 51.9 Å². The SMILES string of the molecule is Cc1cc(C)cc(N(C)C(CN)c2ccc(Br)o2)c1. The highest BCUT2D eigenvalue weighted by Crippen LogP contribution is 2.29. The third kappa shape index (κ3) is 3.19. The Kier molecular flexibility index (Phi) is 4.32. The van der Waals surface area contributed by atoms with Crippen LogP contribution >= 0.6 is 15.9 Å². The molecule has 0 aliphatic heterocycles. The van der Waals surface area contributed by atoms with Crippen LogP contribution in [-0.4, -0.2) is 13.6 Å². The van der Waals surface area contributed by atoms with Gasteiger partial charge in [0, 0.05) is 19.3 Å². The molecule has 102 valence electrons. The summed E-state index contributed by atoms with van der Waals surface area (Å²) in [6.07, 6.45) is 0. The molecule has 1 aromatic heterocycles. The number of aryl methyl sites for hydroxylation is 2. The smallest absolute Gasteiger partial charge is 0.169 e. The molecule has 0 bridgehead atoms. The first-order valence-corrected chi connectivity index (χ1v) is 7.07. The summed E-state index contributed by atoms with van der Waals surface area (Å²) in [5.41, 5.74) is 9.56. The number of furan rings is 1. The summed E-state index contributed by atoms with van der Waals surface area (Å²) in [6, 6.07) is 10.4. The second-order valence-corrected chi connectivity index (χ2v) is 5.63. The van der Waals surface area contributed by atoms with Gasteiger partial charge < -0.3 is 15.1 Å². The molecule has 0 fully saturated rings. The lowest BCUT2D eigenvalue weighted by Gasteiger charge is -2.28. The fourth-order valence-electron chi connectivity index (χ4n) is 2.31. The molecule has 2 N–H and O–H groups in total. The van der Waals surface area contributed by atoms with Gasteiger partial charge in [-0.15, -0.1) is 0 Å². The Labute approximate surface area is 122 Å². The molecule has 2 aromatic rings. The summed E-state index contributed by atoms with van der Waals surface area (Å²) in [7, 11) is 2.04. The van der Waals surface area contributed by atoms with Gasteiger partial charge in [-0.05, 0) is 65.2 Å². The van der Waals surface area contributed by atoms with Gasteiger partial charge in [-0.3, -0.25) is 0 Å². The lowest BCUT2D eigenvalue weighted by Crippen LogP contribution is -2.30.